The van der Waals surface area contributed by atoms with Crippen LogP contribution in [-0.4, -0.2) is 47.5 Å². The van der Waals surface area contributed by atoms with Crippen molar-refractivity contribution >= 4 is 74.2 Å². The van der Waals surface area contributed by atoms with Crippen LogP contribution in [-0.2, 0) is 10.1 Å². The molecule has 1 heterocycles. The van der Waals surface area contributed by atoms with Crippen LogP contribution in [0.3, 0.4) is 0 Å². The Balaban J connectivity index is 0.00000133. The summed E-state index contributed by atoms with van der Waals surface area (Å²) >= 11 is 4.00. The van der Waals surface area contributed by atoms with Crippen LogP contribution >= 0.6 is 12.6 Å². The van der Waals surface area contributed by atoms with Gasteiger partial charge in [-0.3, -0.25) is 4.55 Å². The molecule has 0 aliphatic rings. The molecule has 1 aromatic heterocycles. The maximum atomic E-state index is 11.1. The molecule has 5 nitrogen and oxygen atoms in total. The van der Waals surface area contributed by atoms with Crippen LogP contribution in [0.4, 0.5) is 0 Å². The molecule has 3 aromatic rings. The molecule has 8 heteroatoms. The molecule has 94 valence electrons. The van der Waals surface area contributed by atoms with Crippen LogP contribution in [0.2, 0.25) is 0 Å². The summed E-state index contributed by atoms with van der Waals surface area (Å²) < 4.78 is 36.3. The molecule has 0 spiro atoms. The Bertz CT molecular complexity index is 873. The van der Waals surface area contributed by atoms with Gasteiger partial charge in [-0.05, 0) is 35.0 Å². The summed E-state index contributed by atoms with van der Waals surface area (Å²) in [5, 5.41) is 1.69. The van der Waals surface area contributed by atoms with Crippen molar-refractivity contribution in [3.05, 3.63) is 30.3 Å². The second-order valence-electron chi connectivity index (χ2n) is 3.80. The molecule has 19 heavy (non-hydrogen) atoms. The zero-order chi connectivity index (χ0) is 12.9. The first-order chi connectivity index (χ1) is 8.43. The predicted molar refractivity (Wildman–Crippen MR) is 75.7 cm³/mol. The number of nitrogens with zero attached hydrogens (tertiary/aromatic N) is 1. The Labute approximate surface area is 136 Å². The van der Waals surface area contributed by atoms with Crippen LogP contribution in [0.25, 0.3) is 21.9 Å². The normalized spacial score (nSPS) is 11.7. The third-order valence-electron chi connectivity index (χ3n) is 2.60. The zero-order valence-electron chi connectivity index (χ0n) is 8.86. The van der Waals surface area contributed by atoms with Crippen molar-refractivity contribution in [1.29, 1.82) is 0 Å². The summed E-state index contributed by atoms with van der Waals surface area (Å²) in [6, 6.07) is 7.74. The zero-order valence-corrected chi connectivity index (χ0v) is 10.6. The maximum absolute atomic E-state index is 11.1. The van der Waals surface area contributed by atoms with Gasteiger partial charge in [-0.1, -0.05) is 18.7 Å². The van der Waals surface area contributed by atoms with Gasteiger partial charge in [0.2, 0.25) is 0 Å². The molecular formula is C11H8NNaO4S2. The van der Waals surface area contributed by atoms with Crippen molar-refractivity contribution in [2.75, 3.05) is 0 Å². The molecule has 0 fully saturated rings. The van der Waals surface area contributed by atoms with E-state index in [0.717, 1.165) is 5.39 Å². The first kappa shape index (κ1) is 14.8. The van der Waals surface area contributed by atoms with E-state index in [-0.39, 0.29) is 39.7 Å². The van der Waals surface area contributed by atoms with E-state index < -0.39 is 10.1 Å². The molecule has 0 atom stereocenters. The first-order valence-corrected chi connectivity index (χ1v) is 6.83. The predicted octanol–water partition coefficient (Wildman–Crippen LogP) is 1.87. The first-order valence-electron chi connectivity index (χ1n) is 4.94. The molecule has 0 amide bonds. The van der Waals surface area contributed by atoms with E-state index in [9.17, 15) is 8.42 Å². The van der Waals surface area contributed by atoms with E-state index in [1.165, 1.54) is 12.1 Å². The van der Waals surface area contributed by atoms with Gasteiger partial charge < -0.3 is 4.42 Å². The van der Waals surface area contributed by atoms with Crippen LogP contribution in [0.15, 0.2) is 44.9 Å². The van der Waals surface area contributed by atoms with Gasteiger partial charge in [0.05, 0.1) is 4.90 Å². The molecule has 0 bridgehead atoms. The van der Waals surface area contributed by atoms with Crippen molar-refractivity contribution in [3.63, 3.8) is 0 Å². The third kappa shape index (κ3) is 2.81. The number of fused-ring (bicyclic) bond motifs is 2. The Kier molecular flexibility index (Phi) is 3.97. The van der Waals surface area contributed by atoms with Crippen molar-refractivity contribution < 1.29 is 17.4 Å². The minimum absolute atomic E-state index is 0. The molecule has 2 aromatic carbocycles. The number of hydrogen-bond donors (Lipinski definition) is 2. The van der Waals surface area contributed by atoms with Crippen molar-refractivity contribution in [1.82, 2.24) is 4.98 Å². The number of oxazole rings is 1. The van der Waals surface area contributed by atoms with Gasteiger partial charge in [0.25, 0.3) is 15.3 Å². The van der Waals surface area contributed by atoms with Gasteiger partial charge >= 0.3 is 29.6 Å². The fraction of sp³-hybridized carbons (Fsp3) is 0. The number of thiol groups is 1. The van der Waals surface area contributed by atoms with Crippen molar-refractivity contribution in [2.24, 2.45) is 0 Å². The molecule has 0 aliphatic carbocycles. The number of benzene rings is 2. The Hall–Kier alpha value is -0.570. The van der Waals surface area contributed by atoms with Crippen LogP contribution < -0.4 is 0 Å². The standard InChI is InChI=1S/C11H7NO4S2.Na.H/c13-18(14,15)8-2-1-6-4-9-10(5-7(6)3-8)16-11(17)12-9;;/h1-5H,(H,12,17)(H,13,14,15);;. The Morgan fingerprint density at radius 1 is 1.16 bits per heavy atom. The quantitative estimate of drug-likeness (QED) is 0.407. The summed E-state index contributed by atoms with van der Waals surface area (Å²) in [6.45, 7) is 0. The Morgan fingerprint density at radius 3 is 2.58 bits per heavy atom. The van der Waals surface area contributed by atoms with Gasteiger partial charge in [-0.2, -0.15) is 8.42 Å². The van der Waals surface area contributed by atoms with Gasteiger partial charge in [0.1, 0.15) is 5.52 Å². The number of hydrogen-bond acceptors (Lipinski definition) is 5. The molecule has 0 unspecified atom stereocenters. The molecule has 1 N–H and O–H groups in total. The average Bonchev–Trinajstić information content (AvgIpc) is 2.62. The number of rotatable bonds is 1. The topological polar surface area (TPSA) is 80.4 Å². The van der Waals surface area contributed by atoms with E-state index in [2.05, 4.69) is 17.6 Å². The average molecular weight is 305 g/mol. The van der Waals surface area contributed by atoms with Crippen molar-refractivity contribution in [3.8, 4) is 0 Å². The van der Waals surface area contributed by atoms with E-state index in [1.807, 2.05) is 0 Å². The van der Waals surface area contributed by atoms with Gasteiger partial charge in [0.15, 0.2) is 5.58 Å². The molecule has 3 rings (SSSR count). The van der Waals surface area contributed by atoms with E-state index >= 15 is 0 Å². The van der Waals surface area contributed by atoms with Crippen LogP contribution in [0.1, 0.15) is 0 Å². The van der Waals surface area contributed by atoms with Gasteiger partial charge in [-0.25, -0.2) is 4.98 Å². The van der Waals surface area contributed by atoms with E-state index in [0.29, 0.717) is 16.5 Å². The molecule has 0 saturated heterocycles. The third-order valence-corrected chi connectivity index (χ3v) is 3.65. The second kappa shape index (κ2) is 5.08. The van der Waals surface area contributed by atoms with E-state index in [1.54, 1.807) is 18.2 Å². The van der Waals surface area contributed by atoms with Crippen LogP contribution in [0, 0.1) is 0 Å². The fourth-order valence-corrected chi connectivity index (χ4v) is 2.52. The summed E-state index contributed by atoms with van der Waals surface area (Å²) in [6.07, 6.45) is 0. The fourth-order valence-electron chi connectivity index (χ4n) is 1.80. The summed E-state index contributed by atoms with van der Waals surface area (Å²) in [5.74, 6) is 0. The summed E-state index contributed by atoms with van der Waals surface area (Å²) in [7, 11) is -4.20. The molecular weight excluding hydrogens is 297 g/mol. The Morgan fingerprint density at radius 2 is 1.89 bits per heavy atom. The monoisotopic (exact) mass is 305 g/mol. The minimum atomic E-state index is -4.20. The van der Waals surface area contributed by atoms with E-state index in [4.69, 9.17) is 8.97 Å². The van der Waals surface area contributed by atoms with Gasteiger partial charge in [-0.15, -0.1) is 0 Å². The van der Waals surface area contributed by atoms with Gasteiger partial charge in [0, 0.05) is 0 Å². The summed E-state index contributed by atoms with van der Waals surface area (Å²) in [5.41, 5.74) is 1.16. The second-order valence-corrected chi connectivity index (χ2v) is 5.60. The molecule has 0 saturated carbocycles. The van der Waals surface area contributed by atoms with Crippen LogP contribution in [0.5, 0.6) is 0 Å². The SMILES string of the molecule is O=S(=O)(O)c1ccc2cc3nc(S)oc3cc2c1.[NaH]. The molecule has 0 radical (unpaired) electrons. The number of aromatic nitrogens is 1. The molecule has 0 aliphatic heterocycles. The summed E-state index contributed by atoms with van der Waals surface area (Å²) in [4.78, 5) is 3.91. The van der Waals surface area contributed by atoms with Crippen molar-refractivity contribution in [2.45, 2.75) is 10.1 Å².